The Balaban J connectivity index is 2.82. The molecule has 0 aliphatic carbocycles. The van der Waals surface area contributed by atoms with Gasteiger partial charge in [-0.25, -0.2) is 0 Å². The molecular formula is C12H22N2O2. The van der Waals surface area contributed by atoms with E-state index in [1.807, 2.05) is 20.8 Å². The Hall–Kier alpha value is -1.06. The largest absolute Gasteiger partial charge is 0.357 e. The Morgan fingerprint density at radius 3 is 2.38 bits per heavy atom. The number of carbonyl (C=O) groups excluding carboxylic acids is 2. The third-order valence-corrected chi connectivity index (χ3v) is 2.95. The molecule has 2 amide bonds. The smallest absolute Gasteiger partial charge is 0.242 e. The van der Waals surface area contributed by atoms with Crippen molar-refractivity contribution in [2.24, 2.45) is 5.41 Å². The highest BCUT2D eigenvalue weighted by atomic mass is 16.2. The maximum absolute atomic E-state index is 12.2. The number of likely N-dealkylation sites (N-methyl/N-ethyl adjacent to an activating group) is 1. The molecule has 1 N–H and O–H groups in total. The molecule has 16 heavy (non-hydrogen) atoms. The fraction of sp³-hybridized carbons (Fsp3) is 0.833. The van der Waals surface area contributed by atoms with Gasteiger partial charge in [-0.2, -0.15) is 0 Å². The Morgan fingerprint density at radius 1 is 1.25 bits per heavy atom. The molecule has 0 radical (unpaired) electrons. The van der Waals surface area contributed by atoms with Crippen molar-refractivity contribution >= 4 is 11.8 Å². The number of nitrogens with zero attached hydrogens (tertiary/aromatic N) is 1. The standard InChI is InChI=1S/C12H22N2O2/c1-12(2,3)11(16)14-8-6-5-7-9(14)10(15)13-4/h9H,5-8H2,1-4H3,(H,13,15). The summed E-state index contributed by atoms with van der Waals surface area (Å²) >= 11 is 0. The molecule has 1 aliphatic heterocycles. The predicted octanol–water partition coefficient (Wildman–Crippen LogP) is 1.16. The maximum Gasteiger partial charge on any atom is 0.242 e. The van der Waals surface area contributed by atoms with Crippen LogP contribution in [0.15, 0.2) is 0 Å². The van der Waals surface area contributed by atoms with Crippen LogP contribution in [0.2, 0.25) is 0 Å². The lowest BCUT2D eigenvalue weighted by Crippen LogP contribution is -2.54. The highest BCUT2D eigenvalue weighted by molar-refractivity contribution is 5.89. The molecule has 1 saturated heterocycles. The molecule has 1 fully saturated rings. The van der Waals surface area contributed by atoms with Gasteiger partial charge in [-0.3, -0.25) is 9.59 Å². The minimum absolute atomic E-state index is 0.0442. The van der Waals surface area contributed by atoms with Gasteiger partial charge in [0.15, 0.2) is 0 Å². The Labute approximate surface area is 97.4 Å². The monoisotopic (exact) mass is 226 g/mol. The molecule has 0 bridgehead atoms. The van der Waals surface area contributed by atoms with E-state index in [9.17, 15) is 9.59 Å². The zero-order valence-electron chi connectivity index (χ0n) is 10.7. The van der Waals surface area contributed by atoms with Crippen LogP contribution in [-0.2, 0) is 9.59 Å². The number of hydrogen-bond donors (Lipinski definition) is 1. The molecule has 0 aromatic carbocycles. The quantitative estimate of drug-likeness (QED) is 0.729. The lowest BCUT2D eigenvalue weighted by atomic mass is 9.91. The number of rotatable bonds is 1. The number of nitrogens with one attached hydrogen (secondary N) is 1. The van der Waals surface area contributed by atoms with Crippen LogP contribution in [0.3, 0.4) is 0 Å². The van der Waals surface area contributed by atoms with Gasteiger partial charge in [-0.1, -0.05) is 20.8 Å². The summed E-state index contributed by atoms with van der Waals surface area (Å²) in [7, 11) is 1.62. The molecule has 0 aromatic rings. The summed E-state index contributed by atoms with van der Waals surface area (Å²) in [5, 5.41) is 2.64. The highest BCUT2D eigenvalue weighted by Crippen LogP contribution is 2.24. The van der Waals surface area contributed by atoms with Crippen LogP contribution in [0.5, 0.6) is 0 Å². The average Bonchev–Trinajstić information content (AvgIpc) is 2.25. The van der Waals surface area contributed by atoms with Gasteiger partial charge in [0.05, 0.1) is 0 Å². The molecule has 92 valence electrons. The van der Waals surface area contributed by atoms with Gasteiger partial charge >= 0.3 is 0 Å². The molecule has 0 spiro atoms. The average molecular weight is 226 g/mol. The van der Waals surface area contributed by atoms with Crippen molar-refractivity contribution in [3.05, 3.63) is 0 Å². The van der Waals surface area contributed by atoms with E-state index in [1.165, 1.54) is 0 Å². The Morgan fingerprint density at radius 2 is 1.88 bits per heavy atom. The van der Waals surface area contributed by atoms with Gasteiger partial charge in [-0.05, 0) is 19.3 Å². The van der Waals surface area contributed by atoms with Crippen molar-refractivity contribution in [1.29, 1.82) is 0 Å². The van der Waals surface area contributed by atoms with Crippen LogP contribution in [0, 0.1) is 5.41 Å². The lowest BCUT2D eigenvalue weighted by Gasteiger charge is -2.38. The number of hydrogen-bond acceptors (Lipinski definition) is 2. The maximum atomic E-state index is 12.2. The number of piperidine rings is 1. The topological polar surface area (TPSA) is 49.4 Å². The van der Waals surface area contributed by atoms with Crippen molar-refractivity contribution in [1.82, 2.24) is 10.2 Å². The summed E-state index contributed by atoms with van der Waals surface area (Å²) < 4.78 is 0. The fourth-order valence-electron chi connectivity index (χ4n) is 2.04. The van der Waals surface area contributed by atoms with Gasteiger partial charge in [-0.15, -0.1) is 0 Å². The van der Waals surface area contributed by atoms with E-state index in [4.69, 9.17) is 0 Å². The second kappa shape index (κ2) is 4.85. The van der Waals surface area contributed by atoms with E-state index in [2.05, 4.69) is 5.32 Å². The Bertz CT molecular complexity index is 281. The summed E-state index contributed by atoms with van der Waals surface area (Å²) in [6, 6.07) is -0.273. The first-order chi connectivity index (χ1) is 7.38. The van der Waals surface area contributed by atoms with Gasteiger partial charge in [0.2, 0.25) is 11.8 Å². The van der Waals surface area contributed by atoms with Crippen molar-refractivity contribution in [3.63, 3.8) is 0 Å². The van der Waals surface area contributed by atoms with Gasteiger partial charge < -0.3 is 10.2 Å². The molecule has 1 rings (SSSR count). The van der Waals surface area contributed by atoms with Crippen LogP contribution in [-0.4, -0.2) is 36.3 Å². The predicted molar refractivity (Wildman–Crippen MR) is 62.9 cm³/mol. The normalized spacial score (nSPS) is 21.8. The van der Waals surface area contributed by atoms with Crippen LogP contribution < -0.4 is 5.32 Å². The van der Waals surface area contributed by atoms with E-state index in [1.54, 1.807) is 11.9 Å². The minimum Gasteiger partial charge on any atom is -0.357 e. The van der Waals surface area contributed by atoms with Crippen LogP contribution in [0.4, 0.5) is 0 Å². The van der Waals surface area contributed by atoms with E-state index in [-0.39, 0.29) is 17.9 Å². The molecule has 4 heteroatoms. The molecule has 1 unspecified atom stereocenters. The van der Waals surface area contributed by atoms with Crippen molar-refractivity contribution in [2.75, 3.05) is 13.6 Å². The first-order valence-electron chi connectivity index (χ1n) is 5.90. The van der Waals surface area contributed by atoms with Crippen LogP contribution >= 0.6 is 0 Å². The van der Waals surface area contributed by atoms with E-state index < -0.39 is 5.41 Å². The number of carbonyl (C=O) groups is 2. The first kappa shape index (κ1) is 13.0. The number of likely N-dealkylation sites (tertiary alicyclic amines) is 1. The van der Waals surface area contributed by atoms with Gasteiger partial charge in [0.25, 0.3) is 0 Å². The highest BCUT2D eigenvalue weighted by Gasteiger charge is 2.36. The zero-order valence-corrected chi connectivity index (χ0v) is 10.7. The third-order valence-electron chi connectivity index (χ3n) is 2.95. The molecule has 1 heterocycles. The molecular weight excluding hydrogens is 204 g/mol. The van der Waals surface area contributed by atoms with Crippen LogP contribution in [0.1, 0.15) is 40.0 Å². The molecule has 0 saturated carbocycles. The fourth-order valence-corrected chi connectivity index (χ4v) is 2.04. The van der Waals surface area contributed by atoms with E-state index >= 15 is 0 Å². The summed E-state index contributed by atoms with van der Waals surface area (Å²) in [5.74, 6) is 0.0260. The summed E-state index contributed by atoms with van der Waals surface area (Å²) in [4.78, 5) is 25.6. The second-order valence-electron chi connectivity index (χ2n) is 5.37. The lowest BCUT2D eigenvalue weighted by molar-refractivity contribution is -0.148. The SMILES string of the molecule is CNC(=O)C1CCCCN1C(=O)C(C)(C)C. The van der Waals surface area contributed by atoms with Crippen molar-refractivity contribution < 1.29 is 9.59 Å². The summed E-state index contributed by atoms with van der Waals surface area (Å²) in [5.41, 5.74) is -0.413. The zero-order chi connectivity index (χ0) is 12.3. The van der Waals surface area contributed by atoms with Crippen LogP contribution in [0.25, 0.3) is 0 Å². The molecule has 1 atom stereocenters. The third kappa shape index (κ3) is 2.74. The first-order valence-corrected chi connectivity index (χ1v) is 5.90. The van der Waals surface area contributed by atoms with Crippen molar-refractivity contribution in [3.8, 4) is 0 Å². The van der Waals surface area contributed by atoms with Gasteiger partial charge in [0.1, 0.15) is 6.04 Å². The van der Waals surface area contributed by atoms with E-state index in [0.29, 0.717) is 6.54 Å². The molecule has 0 aromatic heterocycles. The number of amides is 2. The Kier molecular flexibility index (Phi) is 3.94. The summed E-state index contributed by atoms with van der Waals surface area (Å²) in [6.45, 7) is 6.38. The molecule has 4 nitrogen and oxygen atoms in total. The second-order valence-corrected chi connectivity index (χ2v) is 5.37. The minimum atomic E-state index is -0.413. The van der Waals surface area contributed by atoms with Crippen molar-refractivity contribution in [2.45, 2.75) is 46.1 Å². The van der Waals surface area contributed by atoms with Gasteiger partial charge in [0, 0.05) is 19.0 Å². The van der Waals surface area contributed by atoms with E-state index in [0.717, 1.165) is 19.3 Å². The summed E-state index contributed by atoms with van der Waals surface area (Å²) in [6.07, 6.45) is 2.79. The molecule has 1 aliphatic rings.